The topological polar surface area (TPSA) is 68.9 Å². The van der Waals surface area contributed by atoms with Crippen molar-refractivity contribution in [1.29, 1.82) is 0 Å². The highest BCUT2D eigenvalue weighted by molar-refractivity contribution is 6.28. The maximum absolute atomic E-state index is 13.7. The van der Waals surface area contributed by atoms with Crippen molar-refractivity contribution in [3.05, 3.63) is 50.7 Å². The molecule has 0 N–H and O–H groups in total. The Labute approximate surface area is 115 Å². The first-order chi connectivity index (χ1) is 9.31. The average Bonchev–Trinajstić information content (AvgIpc) is 2.32. The Bertz CT molecular complexity index is 725. The van der Waals surface area contributed by atoms with Crippen molar-refractivity contribution in [1.82, 2.24) is 9.97 Å². The van der Waals surface area contributed by atoms with Gasteiger partial charge in [0, 0.05) is 11.6 Å². The van der Waals surface area contributed by atoms with Crippen LogP contribution in [0.2, 0.25) is 5.28 Å². The van der Waals surface area contributed by atoms with Crippen LogP contribution in [0.1, 0.15) is 5.69 Å². The third kappa shape index (κ3) is 2.42. The summed E-state index contributed by atoms with van der Waals surface area (Å²) >= 11 is 5.56. The lowest BCUT2D eigenvalue weighted by atomic mass is 10.1. The summed E-state index contributed by atoms with van der Waals surface area (Å²) in [4.78, 5) is 17.3. The van der Waals surface area contributed by atoms with Crippen LogP contribution in [0.5, 0.6) is 0 Å². The summed E-state index contributed by atoms with van der Waals surface area (Å²) in [6, 6.07) is 0.759. The highest BCUT2D eigenvalue weighted by Crippen LogP contribution is 2.33. The van der Waals surface area contributed by atoms with Crippen LogP contribution in [0.15, 0.2) is 12.1 Å². The minimum atomic E-state index is -1.41. The third-order valence-electron chi connectivity index (χ3n) is 2.48. The molecule has 0 spiro atoms. The third-order valence-corrected chi connectivity index (χ3v) is 2.65. The zero-order valence-electron chi connectivity index (χ0n) is 9.82. The molecule has 0 fully saturated rings. The van der Waals surface area contributed by atoms with Gasteiger partial charge in [-0.15, -0.1) is 0 Å². The first-order valence-electron chi connectivity index (χ1n) is 5.14. The Balaban J connectivity index is 2.82. The van der Waals surface area contributed by atoms with Crippen molar-refractivity contribution in [2.24, 2.45) is 0 Å². The Morgan fingerprint density at radius 1 is 1.15 bits per heavy atom. The Kier molecular flexibility index (Phi) is 3.58. The smallest absolute Gasteiger partial charge is 0.258 e. The summed E-state index contributed by atoms with van der Waals surface area (Å²) in [6.07, 6.45) is 0. The number of aryl methyl sites for hydroxylation is 1. The monoisotopic (exact) mass is 303 g/mol. The van der Waals surface area contributed by atoms with E-state index in [9.17, 15) is 23.3 Å². The molecule has 0 aliphatic carbocycles. The zero-order valence-corrected chi connectivity index (χ0v) is 10.6. The van der Waals surface area contributed by atoms with Crippen LogP contribution < -0.4 is 0 Å². The molecule has 0 unspecified atom stereocenters. The SMILES string of the molecule is Cc1nc(Cl)nc(-c2cc(F)c(F)cc2F)c1[N+](=O)[O-]. The van der Waals surface area contributed by atoms with Crippen LogP contribution in [0.4, 0.5) is 18.9 Å². The van der Waals surface area contributed by atoms with E-state index in [-0.39, 0.29) is 17.0 Å². The minimum Gasteiger partial charge on any atom is -0.258 e. The molecule has 0 amide bonds. The number of benzene rings is 1. The molecule has 2 rings (SSSR count). The van der Waals surface area contributed by atoms with E-state index in [1.807, 2.05) is 0 Å². The van der Waals surface area contributed by atoms with E-state index in [0.29, 0.717) is 6.07 Å². The summed E-state index contributed by atoms with van der Waals surface area (Å²) in [5.41, 5.74) is -1.82. The molecule has 1 heterocycles. The van der Waals surface area contributed by atoms with Gasteiger partial charge in [-0.2, -0.15) is 0 Å². The molecule has 0 radical (unpaired) electrons. The van der Waals surface area contributed by atoms with Gasteiger partial charge in [0.1, 0.15) is 11.5 Å². The molecule has 104 valence electrons. The van der Waals surface area contributed by atoms with E-state index in [2.05, 4.69) is 9.97 Å². The predicted octanol–water partition coefficient (Wildman–Crippen LogP) is 3.43. The second kappa shape index (κ2) is 5.04. The van der Waals surface area contributed by atoms with E-state index >= 15 is 0 Å². The maximum atomic E-state index is 13.7. The first-order valence-corrected chi connectivity index (χ1v) is 5.52. The van der Waals surface area contributed by atoms with Gasteiger partial charge in [0.2, 0.25) is 5.28 Å². The lowest BCUT2D eigenvalue weighted by Crippen LogP contribution is -2.03. The normalized spacial score (nSPS) is 10.7. The molecular formula is C11H5ClF3N3O2. The Morgan fingerprint density at radius 2 is 1.75 bits per heavy atom. The van der Waals surface area contributed by atoms with Crippen LogP contribution in [0.25, 0.3) is 11.3 Å². The van der Waals surface area contributed by atoms with Crippen molar-refractivity contribution in [3.8, 4) is 11.3 Å². The molecule has 0 bridgehead atoms. The van der Waals surface area contributed by atoms with Crippen molar-refractivity contribution in [2.45, 2.75) is 6.92 Å². The van der Waals surface area contributed by atoms with Gasteiger partial charge < -0.3 is 0 Å². The molecule has 9 heteroatoms. The molecule has 0 saturated heterocycles. The van der Waals surface area contributed by atoms with E-state index in [4.69, 9.17) is 11.6 Å². The van der Waals surface area contributed by atoms with Gasteiger partial charge in [-0.05, 0) is 24.6 Å². The largest absolute Gasteiger partial charge is 0.316 e. The summed E-state index contributed by atoms with van der Waals surface area (Å²) in [5, 5.41) is 10.6. The molecule has 5 nitrogen and oxygen atoms in total. The van der Waals surface area contributed by atoms with Gasteiger partial charge in [0.05, 0.1) is 4.92 Å². The van der Waals surface area contributed by atoms with Gasteiger partial charge >= 0.3 is 5.69 Å². The molecule has 1 aromatic heterocycles. The minimum absolute atomic E-state index is 0.117. The summed E-state index contributed by atoms with van der Waals surface area (Å²) in [7, 11) is 0. The van der Waals surface area contributed by atoms with Crippen LogP contribution in [0, 0.1) is 34.5 Å². The summed E-state index contributed by atoms with van der Waals surface area (Å²) in [5.74, 6) is -3.96. The van der Waals surface area contributed by atoms with E-state index in [1.165, 1.54) is 6.92 Å². The van der Waals surface area contributed by atoms with Crippen molar-refractivity contribution < 1.29 is 18.1 Å². The van der Waals surface area contributed by atoms with Gasteiger partial charge in [-0.25, -0.2) is 23.1 Å². The van der Waals surface area contributed by atoms with Gasteiger partial charge in [-0.1, -0.05) is 0 Å². The highest BCUT2D eigenvalue weighted by atomic mass is 35.5. The Hall–Kier alpha value is -2.22. The standard InChI is InChI=1S/C11H5ClF3N3O2/c1-4-10(18(19)20)9(17-11(12)16-4)5-2-7(14)8(15)3-6(5)13/h2-3H,1H3. The van der Waals surface area contributed by atoms with Crippen molar-refractivity contribution >= 4 is 17.3 Å². The fourth-order valence-corrected chi connectivity index (χ4v) is 1.85. The molecule has 20 heavy (non-hydrogen) atoms. The predicted molar refractivity (Wildman–Crippen MR) is 63.7 cm³/mol. The molecule has 1 aromatic carbocycles. The lowest BCUT2D eigenvalue weighted by Gasteiger charge is -2.06. The molecule has 0 aliphatic rings. The number of nitro groups is 1. The number of nitrogens with zero attached hydrogens (tertiary/aromatic N) is 3. The fourth-order valence-electron chi connectivity index (χ4n) is 1.64. The van der Waals surface area contributed by atoms with Crippen LogP contribution in [0.3, 0.4) is 0 Å². The zero-order chi connectivity index (χ0) is 15.0. The van der Waals surface area contributed by atoms with Gasteiger partial charge in [0.25, 0.3) is 0 Å². The fraction of sp³-hybridized carbons (Fsp3) is 0.0909. The lowest BCUT2D eigenvalue weighted by molar-refractivity contribution is -0.385. The van der Waals surface area contributed by atoms with Crippen LogP contribution in [-0.2, 0) is 0 Å². The first kappa shape index (κ1) is 14.2. The second-order valence-corrected chi connectivity index (χ2v) is 4.12. The van der Waals surface area contributed by atoms with Crippen LogP contribution >= 0.6 is 11.6 Å². The number of rotatable bonds is 2. The number of hydrogen-bond donors (Lipinski definition) is 0. The summed E-state index contributed by atoms with van der Waals surface area (Å²) < 4.78 is 39.8. The highest BCUT2D eigenvalue weighted by Gasteiger charge is 2.26. The summed E-state index contributed by atoms with van der Waals surface area (Å²) in [6.45, 7) is 1.27. The second-order valence-electron chi connectivity index (χ2n) is 3.78. The average molecular weight is 304 g/mol. The number of halogens is 4. The van der Waals surface area contributed by atoms with E-state index in [1.54, 1.807) is 0 Å². The van der Waals surface area contributed by atoms with Gasteiger partial charge in [0.15, 0.2) is 17.3 Å². The number of hydrogen-bond acceptors (Lipinski definition) is 4. The molecule has 0 saturated carbocycles. The van der Waals surface area contributed by atoms with Crippen LogP contribution in [-0.4, -0.2) is 14.9 Å². The maximum Gasteiger partial charge on any atom is 0.316 e. The van der Waals surface area contributed by atoms with Crippen molar-refractivity contribution in [3.63, 3.8) is 0 Å². The molecule has 2 aromatic rings. The van der Waals surface area contributed by atoms with Gasteiger partial charge in [-0.3, -0.25) is 10.1 Å². The Morgan fingerprint density at radius 3 is 2.35 bits per heavy atom. The molecule has 0 aliphatic heterocycles. The molecular weight excluding hydrogens is 299 g/mol. The molecule has 0 atom stereocenters. The number of aromatic nitrogens is 2. The van der Waals surface area contributed by atoms with E-state index in [0.717, 1.165) is 0 Å². The quantitative estimate of drug-likeness (QED) is 0.369. The van der Waals surface area contributed by atoms with E-state index < -0.39 is 39.3 Å². The van der Waals surface area contributed by atoms with Crippen molar-refractivity contribution in [2.75, 3.05) is 0 Å².